The third-order valence-corrected chi connectivity index (χ3v) is 7.84. The van der Waals surface area contributed by atoms with Crippen LogP contribution < -0.4 is 21.4 Å². The van der Waals surface area contributed by atoms with Gasteiger partial charge in [0.2, 0.25) is 17.7 Å². The Labute approximate surface area is 398 Å². The van der Waals surface area contributed by atoms with Crippen molar-refractivity contribution in [1.29, 1.82) is 0 Å². The van der Waals surface area contributed by atoms with Crippen molar-refractivity contribution in [2.24, 2.45) is 0 Å². The zero-order valence-electron chi connectivity index (χ0n) is 42.6. The number of Topliss-reactive ketones (excluding diaryl/α,β-unsaturated/α-hetero) is 2. The molecule has 2 radical (unpaired) electrons. The maximum atomic E-state index is 13.1. The molecule has 19 nitrogen and oxygen atoms in total. The van der Waals surface area contributed by atoms with Crippen molar-refractivity contribution < 1.29 is 66.8 Å². The van der Waals surface area contributed by atoms with Gasteiger partial charge in [-0.25, -0.2) is 5.48 Å². The van der Waals surface area contributed by atoms with E-state index in [0.717, 1.165) is 17.1 Å². The quantitative estimate of drug-likeness (QED) is 0.0297. The van der Waals surface area contributed by atoms with Crippen LogP contribution in [0.4, 0.5) is 0 Å². The van der Waals surface area contributed by atoms with Gasteiger partial charge >= 0.3 is 0 Å². The molecule has 66 heavy (non-hydrogen) atoms. The van der Waals surface area contributed by atoms with E-state index in [9.17, 15) is 33.6 Å². The number of carbonyl (C=O) groups excluding carboxylic acids is 7. The molecule has 0 fully saturated rings. The fourth-order valence-electron chi connectivity index (χ4n) is 4.82. The smallest absolute Gasteiger partial charge is 0.253 e. The molecule has 0 aromatic rings. The highest BCUT2D eigenvalue weighted by molar-refractivity contribution is 6.13. The summed E-state index contributed by atoms with van der Waals surface area (Å²) < 4.78 is 32.5. The minimum atomic E-state index is -0.676. The van der Waals surface area contributed by atoms with E-state index in [0.29, 0.717) is 105 Å². The number of nitrogens with zero attached hydrogens (tertiary/aromatic N) is 1. The van der Waals surface area contributed by atoms with Gasteiger partial charge in [0.15, 0.2) is 5.78 Å². The monoisotopic (exact) mass is 948 g/mol. The lowest BCUT2D eigenvalue weighted by atomic mass is 10.0. The maximum absolute atomic E-state index is 13.1. The second kappa shape index (κ2) is 59.4. The Morgan fingerprint density at radius 3 is 1.50 bits per heavy atom. The zero-order chi connectivity index (χ0) is 51.1. The van der Waals surface area contributed by atoms with Crippen LogP contribution in [0.3, 0.4) is 0 Å². The van der Waals surface area contributed by atoms with Gasteiger partial charge in [-0.1, -0.05) is 62.2 Å². The van der Waals surface area contributed by atoms with Crippen LogP contribution >= 0.6 is 0 Å². The van der Waals surface area contributed by atoms with Crippen molar-refractivity contribution in [2.75, 3.05) is 113 Å². The molecule has 0 spiro atoms. The molecular weight excluding hydrogens is 857 g/mol. The van der Waals surface area contributed by atoms with E-state index < -0.39 is 17.9 Å². The van der Waals surface area contributed by atoms with Gasteiger partial charge in [-0.15, -0.1) is 0 Å². The number of unbranched alkanes of at least 4 members (excludes halogenated alkanes) is 1. The molecule has 4 N–H and O–H groups in total. The summed E-state index contributed by atoms with van der Waals surface area (Å²) in [6.07, 6.45) is 5.24. The topological polar surface area (TPSA) is 235 Å². The van der Waals surface area contributed by atoms with Gasteiger partial charge in [-0.05, 0) is 32.6 Å². The van der Waals surface area contributed by atoms with Gasteiger partial charge in [0.25, 0.3) is 11.8 Å². The summed E-state index contributed by atoms with van der Waals surface area (Å²) in [5, 5.41) is 8.28. The molecule has 1 aliphatic heterocycles. The number of imide groups is 1. The zero-order valence-corrected chi connectivity index (χ0v) is 42.6. The molecule has 0 aliphatic carbocycles. The van der Waals surface area contributed by atoms with Crippen LogP contribution in [0, 0.1) is 0 Å². The summed E-state index contributed by atoms with van der Waals surface area (Å²) in [7, 11) is 6.14. The first-order chi connectivity index (χ1) is 32.1. The van der Waals surface area contributed by atoms with Crippen LogP contribution in [0.2, 0.25) is 6.82 Å². The number of ketones is 2. The number of nitrogens with one attached hydrogen (secondary N) is 4. The molecule has 0 aromatic heterocycles. The number of hydrogen-bond donors (Lipinski definition) is 4. The predicted molar refractivity (Wildman–Crippen MR) is 258 cm³/mol. The van der Waals surface area contributed by atoms with E-state index in [1.165, 1.54) is 13.7 Å². The van der Waals surface area contributed by atoms with Gasteiger partial charge in [0.05, 0.1) is 93.2 Å². The normalized spacial score (nSPS) is 11.4. The first-order valence-corrected chi connectivity index (χ1v) is 23.8. The fourth-order valence-corrected chi connectivity index (χ4v) is 4.82. The molecule has 0 aromatic carbocycles. The third kappa shape index (κ3) is 49.8. The minimum absolute atomic E-state index is 0.00222. The van der Waals surface area contributed by atoms with Crippen LogP contribution in [0.15, 0.2) is 12.2 Å². The van der Waals surface area contributed by atoms with E-state index >= 15 is 0 Å². The van der Waals surface area contributed by atoms with Gasteiger partial charge in [0.1, 0.15) is 5.78 Å². The minimum Gasteiger partial charge on any atom is -0.379 e. The van der Waals surface area contributed by atoms with E-state index in [-0.39, 0.29) is 87.9 Å². The number of hydroxylamine groups is 1. The maximum Gasteiger partial charge on any atom is 0.253 e. The molecule has 0 saturated heterocycles. The Bertz CT molecular complexity index is 1180. The molecule has 0 saturated carbocycles. The summed E-state index contributed by atoms with van der Waals surface area (Å²) in [4.78, 5) is 89.7. The van der Waals surface area contributed by atoms with Gasteiger partial charge < -0.3 is 44.4 Å². The number of hydrogen-bond acceptors (Lipinski definition) is 15. The molecule has 5 amide bonds. The lowest BCUT2D eigenvalue weighted by Gasteiger charge is -2.18. The lowest BCUT2D eigenvalue weighted by Crippen LogP contribution is -2.41. The highest BCUT2D eigenvalue weighted by Gasteiger charge is 2.23. The van der Waals surface area contributed by atoms with Crippen molar-refractivity contribution >= 4 is 48.9 Å². The molecule has 20 heteroatoms. The average molecular weight is 948 g/mol. The van der Waals surface area contributed by atoms with E-state index in [2.05, 4.69) is 29.3 Å². The van der Waals surface area contributed by atoms with Crippen molar-refractivity contribution in [2.45, 2.75) is 133 Å². The van der Waals surface area contributed by atoms with Crippen molar-refractivity contribution in [3.05, 3.63) is 12.2 Å². The van der Waals surface area contributed by atoms with E-state index in [4.69, 9.17) is 33.3 Å². The SMILES string of the molecule is CC.CC.CC.CC.CNOCCOCCC(=O)NC(CCCCNC(=O)CCOCCNC(=O)CCN1C(=O)C=CC1=O)C(=O)CCCOCCOCCOCCOCCC(C)=O.[B]C. The number of ether oxygens (including phenoxy) is 6. The summed E-state index contributed by atoms with van der Waals surface area (Å²) in [6, 6.07) is -0.676. The van der Waals surface area contributed by atoms with Crippen molar-refractivity contribution in [1.82, 2.24) is 26.3 Å². The molecule has 386 valence electrons. The van der Waals surface area contributed by atoms with Crippen molar-refractivity contribution in [3.63, 3.8) is 0 Å². The third-order valence-electron chi connectivity index (χ3n) is 7.84. The second-order valence-electron chi connectivity index (χ2n) is 12.5. The molecule has 1 atom stereocenters. The number of rotatable bonds is 39. The van der Waals surface area contributed by atoms with Crippen LogP contribution in [0.5, 0.6) is 0 Å². The molecular formula is C46H90BN5O14. The largest absolute Gasteiger partial charge is 0.379 e. The summed E-state index contributed by atoms with van der Waals surface area (Å²) in [5.41, 5.74) is 2.54. The molecule has 0 bridgehead atoms. The standard InChI is InChI=1S/C37H63N5O14.4C2H6.CH3B/c1-30(43)11-18-52-23-25-55-27-26-54-24-22-50-17-5-7-32(44)31(41-35(47)13-20-53-28-29-56-38-2)6-3-4-14-39-34(46)12-19-51-21-15-40-33(45)10-16-42-36(48)8-9-37(42)49;5*1-2/h8-9,31,38H,3-7,10-29H2,1-2H3,(H,39,46)(H,40,45)(H,41,47);4*1-2H3;1H3. The summed E-state index contributed by atoms with van der Waals surface area (Å²) in [5.74, 6) is -1.71. The number of amides is 5. The van der Waals surface area contributed by atoms with Crippen LogP contribution in [0.1, 0.15) is 120 Å². The van der Waals surface area contributed by atoms with Gasteiger partial charge in [-0.3, -0.25) is 43.3 Å². The van der Waals surface area contributed by atoms with Crippen LogP contribution in [0.25, 0.3) is 0 Å². The first-order valence-electron chi connectivity index (χ1n) is 23.8. The van der Waals surface area contributed by atoms with Crippen LogP contribution in [-0.2, 0) is 66.8 Å². The number of carbonyl (C=O) groups is 7. The highest BCUT2D eigenvalue weighted by atomic mass is 16.7. The van der Waals surface area contributed by atoms with Crippen molar-refractivity contribution in [3.8, 4) is 0 Å². The summed E-state index contributed by atoms with van der Waals surface area (Å²) in [6.45, 7) is 24.0. The second-order valence-corrected chi connectivity index (χ2v) is 12.5. The Morgan fingerprint density at radius 2 is 0.970 bits per heavy atom. The fraction of sp³-hybridized carbons (Fsp3) is 0.804. The molecule has 1 unspecified atom stereocenters. The van der Waals surface area contributed by atoms with E-state index in [1.54, 1.807) is 7.05 Å². The first kappa shape index (κ1) is 71.4. The molecule has 1 rings (SSSR count). The van der Waals surface area contributed by atoms with Gasteiger partial charge in [0, 0.05) is 77.5 Å². The Balaban J connectivity index is -0.00000115. The van der Waals surface area contributed by atoms with Crippen LogP contribution in [-0.4, -0.2) is 172 Å². The summed E-state index contributed by atoms with van der Waals surface area (Å²) >= 11 is 0. The van der Waals surface area contributed by atoms with E-state index in [1.807, 2.05) is 55.4 Å². The Morgan fingerprint density at radius 1 is 0.530 bits per heavy atom. The molecule has 1 heterocycles. The average Bonchev–Trinajstić information content (AvgIpc) is 3.66. The molecule has 1 aliphatic rings. The predicted octanol–water partition coefficient (Wildman–Crippen LogP) is 3.86. The highest BCUT2D eigenvalue weighted by Crippen LogP contribution is 2.08. The van der Waals surface area contributed by atoms with Gasteiger partial charge in [-0.2, -0.15) is 0 Å². The lowest BCUT2D eigenvalue weighted by molar-refractivity contribution is -0.137. The Hall–Kier alpha value is -3.63. The Kier molecular flexibility index (Phi) is 64.2.